The van der Waals surface area contributed by atoms with Gasteiger partial charge in [-0.25, -0.2) is 13.2 Å². The Kier molecular flexibility index (Phi) is 6.27. The third-order valence-electron chi connectivity index (χ3n) is 2.20. The normalized spacial score (nSPS) is 13.1. The number of carbonyl (C=O) groups is 1. The highest BCUT2D eigenvalue weighted by molar-refractivity contribution is 9.10. The minimum Gasteiger partial charge on any atom is -0.457 e. The molecule has 1 aromatic rings. The molecule has 0 saturated carbocycles. The number of rotatable bonds is 5. The fourth-order valence-corrected chi connectivity index (χ4v) is 3.76. The van der Waals surface area contributed by atoms with Gasteiger partial charge in [0.25, 0.3) is 9.05 Å². The maximum atomic E-state index is 11.9. The quantitative estimate of drug-likeness (QED) is 0.555. The van der Waals surface area contributed by atoms with Crippen molar-refractivity contribution in [3.63, 3.8) is 0 Å². The van der Waals surface area contributed by atoms with Crippen LogP contribution in [0.2, 0.25) is 5.02 Å². The van der Waals surface area contributed by atoms with E-state index in [9.17, 15) is 13.2 Å². The van der Waals surface area contributed by atoms with Crippen molar-refractivity contribution in [3.8, 4) is 0 Å². The summed E-state index contributed by atoms with van der Waals surface area (Å²) in [7, 11) is 2.71. The highest BCUT2D eigenvalue weighted by Gasteiger charge is 2.22. The molecule has 9 heteroatoms. The molecule has 0 aliphatic heterocycles. The Bertz CT molecular complexity index is 617. The topological polar surface area (TPSA) is 69.7 Å². The standard InChI is InChI=1S/C11H11BrCl2O5S/c1-6(5-18-2)19-11(15)7-3-8(13)10(12)9(4-7)20(14,16)17/h3-4,6H,5H2,1-2H3. The van der Waals surface area contributed by atoms with Crippen molar-refractivity contribution in [2.75, 3.05) is 13.7 Å². The van der Waals surface area contributed by atoms with Gasteiger partial charge in [-0.1, -0.05) is 11.6 Å². The lowest BCUT2D eigenvalue weighted by Gasteiger charge is -2.13. The van der Waals surface area contributed by atoms with Crippen LogP contribution in [0.4, 0.5) is 0 Å². The lowest BCUT2D eigenvalue weighted by atomic mass is 10.2. The Morgan fingerprint density at radius 3 is 2.55 bits per heavy atom. The predicted molar refractivity (Wildman–Crippen MR) is 78.9 cm³/mol. The molecule has 0 saturated heterocycles. The second kappa shape index (κ2) is 7.09. The van der Waals surface area contributed by atoms with Gasteiger partial charge in [-0.15, -0.1) is 0 Å². The van der Waals surface area contributed by atoms with E-state index in [0.717, 1.165) is 6.07 Å². The van der Waals surface area contributed by atoms with Gasteiger partial charge in [0, 0.05) is 17.8 Å². The van der Waals surface area contributed by atoms with E-state index in [-0.39, 0.29) is 26.6 Å². The van der Waals surface area contributed by atoms with Crippen LogP contribution >= 0.6 is 38.2 Å². The van der Waals surface area contributed by atoms with Crippen molar-refractivity contribution in [2.24, 2.45) is 0 Å². The van der Waals surface area contributed by atoms with Crippen LogP contribution in [0.25, 0.3) is 0 Å². The van der Waals surface area contributed by atoms with Gasteiger partial charge < -0.3 is 9.47 Å². The average Bonchev–Trinajstić information content (AvgIpc) is 2.30. The van der Waals surface area contributed by atoms with Crippen LogP contribution in [-0.2, 0) is 18.5 Å². The summed E-state index contributed by atoms with van der Waals surface area (Å²) in [5, 5.41) is 0.0399. The van der Waals surface area contributed by atoms with Gasteiger partial charge >= 0.3 is 5.97 Å². The summed E-state index contributed by atoms with van der Waals surface area (Å²) in [4.78, 5) is 11.6. The number of esters is 1. The van der Waals surface area contributed by atoms with Gasteiger partial charge in [-0.05, 0) is 35.0 Å². The zero-order valence-electron chi connectivity index (χ0n) is 10.5. The molecule has 0 heterocycles. The molecule has 20 heavy (non-hydrogen) atoms. The Morgan fingerprint density at radius 2 is 2.05 bits per heavy atom. The summed E-state index contributed by atoms with van der Waals surface area (Å²) >= 11 is 8.87. The van der Waals surface area contributed by atoms with Crippen LogP contribution in [0.3, 0.4) is 0 Å². The highest BCUT2D eigenvalue weighted by Crippen LogP contribution is 2.33. The summed E-state index contributed by atoms with van der Waals surface area (Å²) in [5.74, 6) is -0.717. The average molecular weight is 406 g/mol. The SMILES string of the molecule is COCC(C)OC(=O)c1cc(Cl)c(Br)c(S(=O)(=O)Cl)c1. The maximum absolute atomic E-state index is 11.9. The molecule has 112 valence electrons. The Balaban J connectivity index is 3.15. The van der Waals surface area contributed by atoms with Gasteiger partial charge in [0.15, 0.2) is 0 Å². The molecule has 0 radical (unpaired) electrons. The number of hydrogen-bond donors (Lipinski definition) is 0. The largest absolute Gasteiger partial charge is 0.457 e. The highest BCUT2D eigenvalue weighted by atomic mass is 79.9. The lowest BCUT2D eigenvalue weighted by Crippen LogP contribution is -2.19. The summed E-state index contributed by atoms with van der Waals surface area (Å²) in [6.07, 6.45) is -0.481. The monoisotopic (exact) mass is 404 g/mol. The lowest BCUT2D eigenvalue weighted by molar-refractivity contribution is 0.0120. The Hall–Kier alpha value is -0.340. The second-order valence-electron chi connectivity index (χ2n) is 3.88. The van der Waals surface area contributed by atoms with Crippen molar-refractivity contribution < 1.29 is 22.7 Å². The minimum atomic E-state index is -4.04. The van der Waals surface area contributed by atoms with Gasteiger partial charge in [0.1, 0.15) is 6.10 Å². The van der Waals surface area contributed by atoms with Crippen LogP contribution < -0.4 is 0 Å². The summed E-state index contributed by atoms with van der Waals surface area (Å²) in [6, 6.07) is 2.39. The van der Waals surface area contributed by atoms with Crippen molar-refractivity contribution in [1.29, 1.82) is 0 Å². The van der Waals surface area contributed by atoms with Gasteiger partial charge in [-0.3, -0.25) is 0 Å². The third-order valence-corrected chi connectivity index (χ3v) is 5.19. The van der Waals surface area contributed by atoms with Crippen LogP contribution in [0, 0.1) is 0 Å². The van der Waals surface area contributed by atoms with E-state index in [1.165, 1.54) is 13.2 Å². The van der Waals surface area contributed by atoms with Crippen LogP contribution in [0.5, 0.6) is 0 Å². The van der Waals surface area contributed by atoms with E-state index in [1.807, 2.05) is 0 Å². The maximum Gasteiger partial charge on any atom is 0.338 e. The van der Waals surface area contributed by atoms with E-state index < -0.39 is 21.1 Å². The smallest absolute Gasteiger partial charge is 0.338 e. The number of hydrogen-bond acceptors (Lipinski definition) is 5. The van der Waals surface area contributed by atoms with Gasteiger partial charge in [-0.2, -0.15) is 0 Å². The van der Waals surface area contributed by atoms with Crippen LogP contribution in [0.15, 0.2) is 21.5 Å². The van der Waals surface area contributed by atoms with Crippen molar-refractivity contribution in [3.05, 3.63) is 27.2 Å². The number of carbonyl (C=O) groups excluding carboxylic acids is 1. The van der Waals surface area contributed by atoms with Crippen molar-refractivity contribution in [1.82, 2.24) is 0 Å². The van der Waals surface area contributed by atoms with E-state index >= 15 is 0 Å². The van der Waals surface area contributed by atoms with E-state index in [0.29, 0.717) is 0 Å². The molecule has 0 aliphatic carbocycles. The second-order valence-corrected chi connectivity index (χ2v) is 7.61. The first-order valence-corrected chi connectivity index (χ1v) is 8.78. The minimum absolute atomic E-state index is 0.0135. The molecule has 1 unspecified atom stereocenters. The summed E-state index contributed by atoms with van der Waals surface area (Å²) in [5.41, 5.74) is -0.0135. The van der Waals surface area contributed by atoms with Crippen molar-refractivity contribution >= 4 is 53.2 Å². The molecule has 5 nitrogen and oxygen atoms in total. The van der Waals surface area contributed by atoms with Crippen LogP contribution in [0.1, 0.15) is 17.3 Å². The summed E-state index contributed by atoms with van der Waals surface area (Å²) < 4.78 is 32.8. The molecule has 0 amide bonds. The van der Waals surface area contributed by atoms with E-state index in [2.05, 4.69) is 15.9 Å². The molecular formula is C11H11BrCl2O5S. The van der Waals surface area contributed by atoms with Crippen molar-refractivity contribution in [2.45, 2.75) is 17.9 Å². The number of halogens is 3. The van der Waals surface area contributed by atoms with E-state index in [4.69, 9.17) is 31.8 Å². The van der Waals surface area contributed by atoms with E-state index in [1.54, 1.807) is 6.92 Å². The molecule has 1 atom stereocenters. The number of benzene rings is 1. The molecule has 0 spiro atoms. The Morgan fingerprint density at radius 1 is 1.45 bits per heavy atom. The molecule has 0 aliphatic rings. The zero-order valence-corrected chi connectivity index (χ0v) is 14.4. The molecule has 0 N–H and O–H groups in total. The zero-order chi connectivity index (χ0) is 15.5. The summed E-state index contributed by atoms with van der Waals surface area (Å²) in [6.45, 7) is 1.86. The molecule has 1 aromatic carbocycles. The van der Waals surface area contributed by atoms with Gasteiger partial charge in [0.2, 0.25) is 0 Å². The first kappa shape index (κ1) is 17.7. The molecule has 1 rings (SSSR count). The Labute approximate surface area is 134 Å². The molecule has 0 aromatic heterocycles. The predicted octanol–water partition coefficient (Wildman–Crippen LogP) is 3.22. The third kappa shape index (κ3) is 4.60. The number of methoxy groups -OCH3 is 1. The van der Waals surface area contributed by atoms with Gasteiger partial charge in [0.05, 0.1) is 26.6 Å². The molecular weight excluding hydrogens is 395 g/mol. The number of ether oxygens (including phenoxy) is 2. The fraction of sp³-hybridized carbons (Fsp3) is 0.364. The fourth-order valence-electron chi connectivity index (χ4n) is 1.38. The first-order valence-electron chi connectivity index (χ1n) is 5.30. The first-order chi connectivity index (χ1) is 9.16. The molecule has 0 bridgehead atoms. The van der Waals surface area contributed by atoms with Crippen LogP contribution in [-0.4, -0.2) is 34.2 Å². The molecule has 0 fully saturated rings.